The first-order valence-electron chi connectivity index (χ1n) is 8.36. The van der Waals surface area contributed by atoms with E-state index in [2.05, 4.69) is 34.5 Å². The van der Waals surface area contributed by atoms with E-state index in [0.29, 0.717) is 16.1 Å². The van der Waals surface area contributed by atoms with Crippen molar-refractivity contribution < 1.29 is 23.1 Å². The lowest BCUT2D eigenvalue weighted by Gasteiger charge is -2.36. The summed E-state index contributed by atoms with van der Waals surface area (Å²) in [6.07, 6.45) is -4.01. The third-order valence-electron chi connectivity index (χ3n) is 4.25. The highest BCUT2D eigenvalue weighted by Crippen LogP contribution is 2.29. The highest BCUT2D eigenvalue weighted by molar-refractivity contribution is 6.42. The first-order chi connectivity index (χ1) is 13.1. The van der Waals surface area contributed by atoms with Crippen LogP contribution in [0.15, 0.2) is 42.5 Å². The van der Waals surface area contributed by atoms with Crippen molar-refractivity contribution in [3.05, 3.63) is 63.6 Å². The van der Waals surface area contributed by atoms with E-state index in [1.807, 2.05) is 25.2 Å². The average Bonchev–Trinajstić information content (AvgIpc) is 2.64. The zero-order valence-corrected chi connectivity index (χ0v) is 16.4. The van der Waals surface area contributed by atoms with Crippen molar-refractivity contribution in [2.75, 3.05) is 18.5 Å². The SMILES string of the molecule is CNC1Cc2ccccc2N(Cc2ccc(Cl)c(Cl)c2)C1.O=C(O)C(F)(F)F. The minimum absolute atomic E-state index is 0.475. The fourth-order valence-electron chi connectivity index (χ4n) is 2.89. The Morgan fingerprint density at radius 1 is 1.21 bits per heavy atom. The first kappa shape index (κ1) is 22.3. The molecule has 0 saturated carbocycles. The number of hydrogen-bond acceptors (Lipinski definition) is 3. The van der Waals surface area contributed by atoms with Crippen molar-refractivity contribution in [2.45, 2.75) is 25.2 Å². The number of alkyl halides is 3. The second-order valence-electron chi connectivity index (χ2n) is 6.25. The standard InChI is InChI=1S/C17H18Cl2N2.C2HF3O2/c1-20-14-9-13-4-2-3-5-17(13)21(11-14)10-12-6-7-15(18)16(19)8-12;3-2(4,5)1(6)7/h2-8,14,20H,9-11H2,1H3;(H,6,7). The summed E-state index contributed by atoms with van der Waals surface area (Å²) in [6, 6.07) is 14.9. The van der Waals surface area contributed by atoms with E-state index in [-0.39, 0.29) is 0 Å². The summed E-state index contributed by atoms with van der Waals surface area (Å²) in [5.74, 6) is -2.76. The van der Waals surface area contributed by atoms with Gasteiger partial charge < -0.3 is 15.3 Å². The fourth-order valence-corrected chi connectivity index (χ4v) is 3.21. The number of carboxylic acids is 1. The van der Waals surface area contributed by atoms with Crippen LogP contribution in [0.2, 0.25) is 10.0 Å². The second-order valence-corrected chi connectivity index (χ2v) is 7.06. The monoisotopic (exact) mass is 434 g/mol. The van der Waals surface area contributed by atoms with Gasteiger partial charge in [-0.15, -0.1) is 0 Å². The van der Waals surface area contributed by atoms with E-state index in [1.54, 1.807) is 0 Å². The molecule has 1 aliphatic rings. The van der Waals surface area contributed by atoms with Crippen LogP contribution >= 0.6 is 23.2 Å². The van der Waals surface area contributed by atoms with Crippen LogP contribution in [-0.4, -0.2) is 36.9 Å². The summed E-state index contributed by atoms with van der Waals surface area (Å²) in [6.45, 7) is 1.83. The maximum Gasteiger partial charge on any atom is 0.490 e. The molecule has 4 nitrogen and oxygen atoms in total. The Morgan fingerprint density at radius 3 is 2.43 bits per heavy atom. The third-order valence-corrected chi connectivity index (χ3v) is 4.99. The van der Waals surface area contributed by atoms with Gasteiger partial charge in [0.25, 0.3) is 0 Å². The van der Waals surface area contributed by atoms with E-state index >= 15 is 0 Å². The molecule has 2 aromatic carbocycles. The molecular formula is C19H19Cl2F3N2O2. The summed E-state index contributed by atoms with van der Waals surface area (Å²) in [5, 5.41) is 11.7. The normalized spacial score (nSPS) is 16.1. The van der Waals surface area contributed by atoms with Crippen LogP contribution in [0.1, 0.15) is 11.1 Å². The van der Waals surface area contributed by atoms with Crippen LogP contribution in [0.5, 0.6) is 0 Å². The molecule has 28 heavy (non-hydrogen) atoms. The number of para-hydroxylation sites is 1. The molecule has 0 radical (unpaired) electrons. The molecule has 3 rings (SSSR count). The number of likely N-dealkylation sites (N-methyl/N-ethyl adjacent to an activating group) is 1. The van der Waals surface area contributed by atoms with Gasteiger partial charge in [0, 0.05) is 24.8 Å². The van der Waals surface area contributed by atoms with Crippen molar-refractivity contribution in [3.8, 4) is 0 Å². The van der Waals surface area contributed by atoms with E-state index in [1.165, 1.54) is 16.8 Å². The minimum Gasteiger partial charge on any atom is -0.475 e. The molecule has 152 valence electrons. The second kappa shape index (κ2) is 9.49. The number of rotatable bonds is 3. The number of fused-ring (bicyclic) bond motifs is 1. The Balaban J connectivity index is 0.000000345. The quantitative estimate of drug-likeness (QED) is 0.729. The lowest BCUT2D eigenvalue weighted by Crippen LogP contribution is -2.44. The topological polar surface area (TPSA) is 52.6 Å². The Labute approximate surface area is 170 Å². The van der Waals surface area contributed by atoms with Crippen molar-refractivity contribution in [1.29, 1.82) is 0 Å². The number of anilines is 1. The molecule has 1 heterocycles. The molecule has 2 N–H and O–H groups in total. The van der Waals surface area contributed by atoms with Crippen LogP contribution in [0.4, 0.5) is 18.9 Å². The van der Waals surface area contributed by atoms with Gasteiger partial charge in [0.1, 0.15) is 0 Å². The maximum atomic E-state index is 10.6. The van der Waals surface area contributed by atoms with Crippen LogP contribution < -0.4 is 10.2 Å². The maximum absolute atomic E-state index is 10.6. The van der Waals surface area contributed by atoms with Gasteiger partial charge in [-0.3, -0.25) is 0 Å². The van der Waals surface area contributed by atoms with Gasteiger partial charge in [0.15, 0.2) is 0 Å². The Bertz CT molecular complexity index is 831. The highest BCUT2D eigenvalue weighted by Gasteiger charge is 2.38. The van der Waals surface area contributed by atoms with E-state index in [0.717, 1.165) is 19.5 Å². The number of hydrogen-bond donors (Lipinski definition) is 2. The number of nitrogens with one attached hydrogen (secondary N) is 1. The minimum atomic E-state index is -5.08. The Morgan fingerprint density at radius 2 is 1.86 bits per heavy atom. The van der Waals surface area contributed by atoms with Crippen molar-refractivity contribution >= 4 is 34.9 Å². The zero-order valence-electron chi connectivity index (χ0n) is 14.9. The van der Waals surface area contributed by atoms with Crippen LogP contribution in [0, 0.1) is 0 Å². The summed E-state index contributed by atoms with van der Waals surface area (Å²) in [5.41, 5.74) is 3.88. The number of carbonyl (C=O) groups is 1. The lowest BCUT2D eigenvalue weighted by atomic mass is 9.97. The highest BCUT2D eigenvalue weighted by atomic mass is 35.5. The molecule has 0 fully saturated rings. The summed E-state index contributed by atoms with van der Waals surface area (Å²) >= 11 is 12.1. The molecule has 1 unspecified atom stereocenters. The molecular weight excluding hydrogens is 416 g/mol. The predicted octanol–water partition coefficient (Wildman–Crippen LogP) is 4.78. The molecule has 9 heteroatoms. The Hall–Kier alpha value is -1.96. The summed E-state index contributed by atoms with van der Waals surface area (Å²) in [4.78, 5) is 11.3. The Kier molecular flexibility index (Phi) is 7.57. The zero-order chi connectivity index (χ0) is 20.9. The largest absolute Gasteiger partial charge is 0.490 e. The van der Waals surface area contributed by atoms with E-state index in [4.69, 9.17) is 33.1 Å². The van der Waals surface area contributed by atoms with Crippen molar-refractivity contribution in [1.82, 2.24) is 5.32 Å². The van der Waals surface area contributed by atoms with Crippen LogP contribution in [-0.2, 0) is 17.8 Å². The summed E-state index contributed by atoms with van der Waals surface area (Å²) in [7, 11) is 2.02. The molecule has 0 spiro atoms. The lowest BCUT2D eigenvalue weighted by molar-refractivity contribution is -0.192. The average molecular weight is 435 g/mol. The van der Waals surface area contributed by atoms with Gasteiger partial charge in [-0.25, -0.2) is 4.79 Å². The van der Waals surface area contributed by atoms with Gasteiger partial charge in [-0.2, -0.15) is 13.2 Å². The van der Waals surface area contributed by atoms with Gasteiger partial charge in [0.2, 0.25) is 0 Å². The van der Waals surface area contributed by atoms with Gasteiger partial charge in [0.05, 0.1) is 10.0 Å². The van der Waals surface area contributed by atoms with Crippen molar-refractivity contribution in [2.24, 2.45) is 0 Å². The molecule has 1 atom stereocenters. The van der Waals surface area contributed by atoms with E-state index < -0.39 is 12.1 Å². The molecule has 2 aromatic rings. The molecule has 0 aromatic heterocycles. The van der Waals surface area contributed by atoms with Gasteiger partial charge >= 0.3 is 12.1 Å². The number of aliphatic carboxylic acids is 1. The number of carboxylic acid groups (broad SMARTS) is 1. The van der Waals surface area contributed by atoms with Gasteiger partial charge in [-0.05, 0) is 42.8 Å². The fraction of sp³-hybridized carbons (Fsp3) is 0.316. The molecule has 0 saturated heterocycles. The molecule has 0 amide bonds. The predicted molar refractivity (Wildman–Crippen MR) is 104 cm³/mol. The summed E-state index contributed by atoms with van der Waals surface area (Å²) < 4.78 is 31.7. The third kappa shape index (κ3) is 6.02. The number of benzene rings is 2. The van der Waals surface area contributed by atoms with Gasteiger partial charge in [-0.1, -0.05) is 47.5 Å². The van der Waals surface area contributed by atoms with Crippen molar-refractivity contribution in [3.63, 3.8) is 0 Å². The van der Waals surface area contributed by atoms with E-state index in [9.17, 15) is 13.2 Å². The smallest absolute Gasteiger partial charge is 0.475 e. The van der Waals surface area contributed by atoms with Crippen LogP contribution in [0.3, 0.4) is 0 Å². The van der Waals surface area contributed by atoms with Crippen LogP contribution in [0.25, 0.3) is 0 Å². The number of nitrogens with zero attached hydrogens (tertiary/aromatic N) is 1. The first-order valence-corrected chi connectivity index (χ1v) is 9.11. The number of halogens is 5. The molecule has 0 aliphatic carbocycles. The molecule has 1 aliphatic heterocycles. The molecule has 0 bridgehead atoms.